The number of hydrogen-bond donors (Lipinski definition) is 1. The summed E-state index contributed by atoms with van der Waals surface area (Å²) in [5, 5.41) is 9.92. The zero-order valence-electron chi connectivity index (χ0n) is 10.5. The number of hydrogen-bond acceptors (Lipinski definition) is 2. The van der Waals surface area contributed by atoms with Crippen LogP contribution in [0.25, 0.3) is 0 Å². The van der Waals surface area contributed by atoms with Crippen molar-refractivity contribution in [1.82, 2.24) is 0 Å². The predicted octanol–water partition coefficient (Wildman–Crippen LogP) is 3.29. The van der Waals surface area contributed by atoms with Gasteiger partial charge in [0.1, 0.15) is 12.4 Å². The predicted molar refractivity (Wildman–Crippen MR) is 72.0 cm³/mol. The van der Waals surface area contributed by atoms with E-state index in [0.29, 0.717) is 13.0 Å². The monoisotopic (exact) mass is 241 g/mol. The average Bonchev–Trinajstić information content (AvgIpc) is 2.45. The lowest BCUT2D eigenvalue weighted by molar-refractivity contribution is 0.168. The van der Waals surface area contributed by atoms with Crippen LogP contribution in [0.3, 0.4) is 0 Å². The van der Waals surface area contributed by atoms with Gasteiger partial charge in [0.2, 0.25) is 0 Å². The molecule has 0 aliphatic heterocycles. The quantitative estimate of drug-likeness (QED) is 0.857. The van der Waals surface area contributed by atoms with Crippen molar-refractivity contribution in [3.63, 3.8) is 0 Å². The molecule has 2 rings (SSSR count). The van der Waals surface area contributed by atoms with Gasteiger partial charge in [-0.1, -0.05) is 43.4 Å². The van der Waals surface area contributed by atoms with E-state index in [2.05, 4.69) is 6.42 Å². The van der Waals surface area contributed by atoms with Gasteiger partial charge in [-0.2, -0.15) is 0 Å². The molecule has 2 heteroatoms. The molecule has 0 saturated heterocycles. The SMILES string of the molecule is CCC(O)c1ccccc1OCC1=CC=C[CH][C]1. The summed E-state index contributed by atoms with van der Waals surface area (Å²) in [6, 6.07) is 7.61. The second-order valence-corrected chi connectivity index (χ2v) is 4.14. The Morgan fingerprint density at radius 3 is 2.83 bits per heavy atom. The van der Waals surface area contributed by atoms with Gasteiger partial charge in [0.15, 0.2) is 0 Å². The van der Waals surface area contributed by atoms with Crippen molar-refractivity contribution < 1.29 is 9.84 Å². The Morgan fingerprint density at radius 1 is 1.28 bits per heavy atom. The van der Waals surface area contributed by atoms with Gasteiger partial charge in [0.05, 0.1) is 6.10 Å². The number of allylic oxidation sites excluding steroid dienone is 3. The third-order valence-corrected chi connectivity index (χ3v) is 2.82. The van der Waals surface area contributed by atoms with Crippen molar-refractivity contribution in [3.05, 3.63) is 66.5 Å². The molecule has 0 spiro atoms. The number of benzene rings is 1. The van der Waals surface area contributed by atoms with Crippen LogP contribution in [0.1, 0.15) is 25.0 Å². The van der Waals surface area contributed by atoms with Gasteiger partial charge in [-0.25, -0.2) is 0 Å². The maximum absolute atomic E-state index is 9.92. The molecule has 1 aliphatic rings. The highest BCUT2D eigenvalue weighted by molar-refractivity contribution is 5.37. The lowest BCUT2D eigenvalue weighted by Gasteiger charge is -2.16. The fourth-order valence-electron chi connectivity index (χ4n) is 1.78. The molecule has 0 aromatic heterocycles. The van der Waals surface area contributed by atoms with Gasteiger partial charge in [-0.15, -0.1) is 0 Å². The van der Waals surface area contributed by atoms with Crippen LogP contribution in [0.15, 0.2) is 48.1 Å². The summed E-state index contributed by atoms with van der Waals surface area (Å²) in [7, 11) is 0. The minimum Gasteiger partial charge on any atom is -0.489 e. The summed E-state index contributed by atoms with van der Waals surface area (Å²) in [6.07, 6.45) is 11.0. The molecule has 1 aromatic carbocycles. The Kier molecular flexibility index (Phi) is 4.59. The molecule has 18 heavy (non-hydrogen) atoms. The second-order valence-electron chi connectivity index (χ2n) is 4.14. The van der Waals surface area contributed by atoms with Gasteiger partial charge in [-0.05, 0) is 24.5 Å². The van der Waals surface area contributed by atoms with E-state index >= 15 is 0 Å². The lowest BCUT2D eigenvalue weighted by atomic mass is 10.1. The molecular formula is C16H17O2. The van der Waals surface area contributed by atoms with E-state index in [9.17, 15) is 5.11 Å². The van der Waals surface area contributed by atoms with Gasteiger partial charge >= 0.3 is 0 Å². The number of rotatable bonds is 5. The summed E-state index contributed by atoms with van der Waals surface area (Å²) in [4.78, 5) is 0. The third-order valence-electron chi connectivity index (χ3n) is 2.82. The van der Waals surface area contributed by atoms with Crippen LogP contribution in [0, 0.1) is 12.8 Å². The number of aliphatic hydroxyl groups excluding tert-OH is 1. The van der Waals surface area contributed by atoms with E-state index in [1.807, 2.05) is 55.8 Å². The zero-order valence-corrected chi connectivity index (χ0v) is 10.5. The van der Waals surface area contributed by atoms with Crippen molar-refractivity contribution in [2.45, 2.75) is 19.4 Å². The van der Waals surface area contributed by atoms with Crippen molar-refractivity contribution in [1.29, 1.82) is 0 Å². The fourth-order valence-corrected chi connectivity index (χ4v) is 1.78. The van der Waals surface area contributed by atoms with Crippen molar-refractivity contribution in [2.75, 3.05) is 6.61 Å². The first-order chi connectivity index (χ1) is 8.81. The minimum atomic E-state index is -0.471. The normalized spacial score (nSPS) is 16.2. The van der Waals surface area contributed by atoms with Gasteiger partial charge in [0, 0.05) is 12.0 Å². The Balaban J connectivity index is 2.04. The fraction of sp³-hybridized carbons (Fsp3) is 0.250. The lowest BCUT2D eigenvalue weighted by Crippen LogP contribution is -2.06. The van der Waals surface area contributed by atoms with Crippen molar-refractivity contribution in [2.24, 2.45) is 0 Å². The summed E-state index contributed by atoms with van der Waals surface area (Å²) in [6.45, 7) is 2.42. The van der Waals surface area contributed by atoms with Crippen LogP contribution in [0.4, 0.5) is 0 Å². The van der Waals surface area contributed by atoms with Crippen LogP contribution in [0.2, 0.25) is 0 Å². The maximum Gasteiger partial charge on any atom is 0.125 e. The molecule has 1 N–H and O–H groups in total. The average molecular weight is 241 g/mol. The zero-order chi connectivity index (χ0) is 12.8. The molecule has 0 saturated carbocycles. The first-order valence-corrected chi connectivity index (χ1v) is 6.16. The Labute approximate surface area is 109 Å². The topological polar surface area (TPSA) is 29.5 Å². The Bertz CT molecular complexity index is 446. The van der Waals surface area contributed by atoms with Gasteiger partial charge < -0.3 is 9.84 Å². The molecule has 0 bridgehead atoms. The molecule has 2 nitrogen and oxygen atoms in total. The van der Waals surface area contributed by atoms with E-state index in [1.165, 1.54) is 0 Å². The van der Waals surface area contributed by atoms with E-state index in [0.717, 1.165) is 16.9 Å². The van der Waals surface area contributed by atoms with Crippen LogP contribution in [-0.4, -0.2) is 11.7 Å². The maximum atomic E-state index is 9.92. The number of aliphatic hydroxyl groups is 1. The Morgan fingerprint density at radius 2 is 2.11 bits per heavy atom. The van der Waals surface area contributed by atoms with Crippen molar-refractivity contribution >= 4 is 0 Å². The van der Waals surface area contributed by atoms with Crippen LogP contribution >= 0.6 is 0 Å². The molecule has 0 fully saturated rings. The highest BCUT2D eigenvalue weighted by Crippen LogP contribution is 2.27. The summed E-state index contributed by atoms with van der Waals surface area (Å²) in [5.41, 5.74) is 1.84. The van der Waals surface area contributed by atoms with Crippen LogP contribution < -0.4 is 4.74 Å². The Hall–Kier alpha value is -1.54. The van der Waals surface area contributed by atoms with E-state index in [-0.39, 0.29) is 0 Å². The molecule has 1 aromatic rings. The highest BCUT2D eigenvalue weighted by atomic mass is 16.5. The third kappa shape index (κ3) is 3.23. The summed E-state index contributed by atoms with van der Waals surface area (Å²) in [5.74, 6) is 0.740. The van der Waals surface area contributed by atoms with Crippen LogP contribution in [0.5, 0.6) is 5.75 Å². The first-order valence-electron chi connectivity index (χ1n) is 6.16. The van der Waals surface area contributed by atoms with Gasteiger partial charge in [-0.3, -0.25) is 0 Å². The van der Waals surface area contributed by atoms with Crippen LogP contribution in [-0.2, 0) is 0 Å². The smallest absolute Gasteiger partial charge is 0.125 e. The molecular weight excluding hydrogens is 224 g/mol. The second kappa shape index (κ2) is 6.41. The minimum absolute atomic E-state index is 0.467. The van der Waals surface area contributed by atoms with Gasteiger partial charge in [0.25, 0.3) is 0 Å². The molecule has 1 aliphatic carbocycles. The molecule has 3 radical (unpaired) electrons. The standard InChI is InChI=1S/C16H17O2/c1-2-15(17)14-10-6-7-11-16(14)18-12-13-8-4-3-5-9-13/h3-8,10-11,15,17H,2,12H2,1H3. The largest absolute Gasteiger partial charge is 0.489 e. The summed E-state index contributed by atoms with van der Waals surface area (Å²) < 4.78 is 5.75. The van der Waals surface area contributed by atoms with E-state index in [4.69, 9.17) is 4.74 Å². The molecule has 0 amide bonds. The molecule has 1 atom stereocenters. The van der Waals surface area contributed by atoms with E-state index in [1.54, 1.807) is 0 Å². The number of para-hydroxylation sites is 1. The molecule has 93 valence electrons. The molecule has 1 unspecified atom stereocenters. The van der Waals surface area contributed by atoms with E-state index < -0.39 is 6.10 Å². The van der Waals surface area contributed by atoms with Crippen molar-refractivity contribution in [3.8, 4) is 5.75 Å². The highest BCUT2D eigenvalue weighted by Gasteiger charge is 2.11. The summed E-state index contributed by atoms with van der Waals surface area (Å²) >= 11 is 0. The molecule has 0 heterocycles. The first kappa shape index (κ1) is 12.9. The number of ether oxygens (including phenoxy) is 1.